The number of hydrogen-bond donors (Lipinski definition) is 2. The zero-order valence-electron chi connectivity index (χ0n) is 50.6. The smallest absolute Gasteiger partial charge is 0.219 e. The molecular weight excluding hydrogens is 979 g/mol. The third-order valence-electron chi connectivity index (χ3n) is 15.5. The van der Waals surface area contributed by atoms with E-state index < -0.39 is 11.6 Å². The van der Waals surface area contributed by atoms with Gasteiger partial charge >= 0.3 is 0 Å². The predicted molar refractivity (Wildman–Crippen MR) is 323 cm³/mol. The molecule has 1 aromatic heterocycles. The molecule has 1 saturated carbocycles. The summed E-state index contributed by atoms with van der Waals surface area (Å²) < 4.78 is 32.1. The van der Waals surface area contributed by atoms with Crippen LogP contribution in [-0.2, 0) is 14.3 Å². The van der Waals surface area contributed by atoms with E-state index in [9.17, 15) is 23.2 Å². The molecule has 0 bridgehead atoms. The van der Waals surface area contributed by atoms with Crippen LogP contribution in [0.1, 0.15) is 215 Å². The minimum atomic E-state index is -0.521. The summed E-state index contributed by atoms with van der Waals surface area (Å²) >= 11 is 0. The number of amides is 1. The van der Waals surface area contributed by atoms with E-state index in [0.717, 1.165) is 84.3 Å². The van der Waals surface area contributed by atoms with Crippen molar-refractivity contribution in [2.45, 2.75) is 209 Å². The van der Waals surface area contributed by atoms with Crippen LogP contribution < -0.4 is 15.5 Å². The van der Waals surface area contributed by atoms with E-state index in [1.54, 1.807) is 21.1 Å². The fraction of sp³-hybridized carbons (Fsp3) is 0.621. The molecule has 0 spiro atoms. The number of Topliss-reactive ketones (excluding diaryl/α,β-unsaturated/α-hetero) is 1. The van der Waals surface area contributed by atoms with Crippen LogP contribution in [0.3, 0.4) is 0 Å². The highest BCUT2D eigenvalue weighted by molar-refractivity contribution is 6.09. The monoisotopic (exact) mass is 1080 g/mol. The van der Waals surface area contributed by atoms with Crippen LogP contribution in [0.4, 0.5) is 20.2 Å². The number of aldehydes is 1. The van der Waals surface area contributed by atoms with Crippen molar-refractivity contribution in [3.8, 4) is 0 Å². The Kier molecular flexibility index (Phi) is 31.7. The maximum atomic E-state index is 13.0. The maximum Gasteiger partial charge on any atom is 0.219 e. The number of nitrogens with one attached hydrogen (secondary N) is 2. The normalized spacial score (nSPS) is 16.5. The molecular formula is C66H103F2N6O4+. The second-order valence-corrected chi connectivity index (χ2v) is 22.5. The molecule has 78 heavy (non-hydrogen) atoms. The lowest BCUT2D eigenvalue weighted by Crippen LogP contribution is -2.59. The lowest BCUT2D eigenvalue weighted by atomic mass is 9.71. The average Bonchev–Trinajstić information content (AvgIpc) is 4.12. The Balaban J connectivity index is 0.000000302. The number of unbranched alkanes of at least 4 members (excludes halogenated alkanes) is 4. The van der Waals surface area contributed by atoms with Gasteiger partial charge in [0.2, 0.25) is 5.91 Å². The highest BCUT2D eigenvalue weighted by atomic mass is 19.1. The molecule has 2 atom stereocenters. The first-order valence-electron chi connectivity index (χ1n) is 29.9. The van der Waals surface area contributed by atoms with E-state index in [2.05, 4.69) is 109 Å². The largest absolute Gasteiger partial charge is 0.500 e. The number of rotatable bonds is 24. The van der Waals surface area contributed by atoms with Gasteiger partial charge in [0.15, 0.2) is 12.0 Å². The number of aromatic nitrogens is 1. The molecule has 1 aliphatic carbocycles. The van der Waals surface area contributed by atoms with Gasteiger partial charge in [0.05, 0.1) is 30.6 Å². The molecule has 4 heterocycles. The number of ether oxygens (including phenoxy) is 1. The van der Waals surface area contributed by atoms with Crippen molar-refractivity contribution in [3.05, 3.63) is 106 Å². The molecule has 434 valence electrons. The van der Waals surface area contributed by atoms with E-state index in [1.165, 1.54) is 139 Å². The van der Waals surface area contributed by atoms with Crippen LogP contribution in [0.2, 0.25) is 0 Å². The maximum absolute atomic E-state index is 13.0. The Bertz CT molecular complexity index is 2310. The minimum absolute atomic E-state index is 0.00292. The van der Waals surface area contributed by atoms with Crippen LogP contribution in [-0.4, -0.2) is 92.6 Å². The number of pyridine rings is 1. The second kappa shape index (κ2) is 36.8. The molecule has 10 nitrogen and oxygen atoms in total. The lowest BCUT2D eigenvalue weighted by Gasteiger charge is -2.54. The molecule has 3 aromatic rings. The number of likely N-dealkylation sites (tertiary alicyclic amines) is 1. The first-order valence-corrected chi connectivity index (χ1v) is 29.9. The van der Waals surface area contributed by atoms with E-state index in [4.69, 9.17) is 4.74 Å². The Hall–Kier alpha value is -5.23. The summed E-state index contributed by atoms with van der Waals surface area (Å²) in [7, 11) is 7.39. The lowest BCUT2D eigenvalue weighted by molar-refractivity contribution is -0.492. The topological polar surface area (TPSA) is 107 Å². The highest BCUT2D eigenvalue weighted by Gasteiger charge is 2.43. The number of benzene rings is 2. The summed E-state index contributed by atoms with van der Waals surface area (Å²) in [5.41, 5.74) is 8.16. The van der Waals surface area contributed by atoms with Crippen molar-refractivity contribution in [3.63, 3.8) is 0 Å². The van der Waals surface area contributed by atoms with Crippen molar-refractivity contribution >= 4 is 41.1 Å². The number of anilines is 2. The van der Waals surface area contributed by atoms with Gasteiger partial charge in [-0.1, -0.05) is 111 Å². The van der Waals surface area contributed by atoms with E-state index in [0.29, 0.717) is 42.2 Å². The number of carbonyl (C=O) groups excluding carboxylic acids is 3. The van der Waals surface area contributed by atoms with Gasteiger partial charge in [0.1, 0.15) is 48.7 Å². The van der Waals surface area contributed by atoms with Gasteiger partial charge in [-0.05, 0) is 137 Å². The van der Waals surface area contributed by atoms with Gasteiger partial charge in [-0.25, -0.2) is 13.4 Å². The molecule has 12 heteroatoms. The number of aryl methyl sites for hydroxylation is 3. The molecule has 1 saturated heterocycles. The van der Waals surface area contributed by atoms with Crippen LogP contribution >= 0.6 is 0 Å². The number of carbonyl (C=O) groups is 3. The quantitative estimate of drug-likeness (QED) is 0.0395. The number of fused-ring (bicyclic) bond motifs is 1. The molecule has 2 unspecified atom stereocenters. The molecule has 1 amide bonds. The fourth-order valence-electron chi connectivity index (χ4n) is 10.7. The van der Waals surface area contributed by atoms with Crippen LogP contribution in [0.5, 0.6) is 0 Å². The Labute approximate surface area is 471 Å². The Morgan fingerprint density at radius 1 is 0.833 bits per heavy atom. The molecule has 0 radical (unpaired) electrons. The predicted octanol–water partition coefficient (Wildman–Crippen LogP) is 15.9. The molecule has 2 N–H and O–H groups in total. The first kappa shape index (κ1) is 67.0. The van der Waals surface area contributed by atoms with Crippen LogP contribution in [0.15, 0.2) is 66.2 Å². The van der Waals surface area contributed by atoms with Gasteiger partial charge in [-0.3, -0.25) is 19.5 Å². The van der Waals surface area contributed by atoms with E-state index in [-0.39, 0.29) is 11.7 Å². The third-order valence-corrected chi connectivity index (χ3v) is 15.5. The number of nitrogens with zero attached hydrogens (tertiary/aromatic N) is 4. The summed E-state index contributed by atoms with van der Waals surface area (Å²) in [5, 5.41) is 5.93. The fourth-order valence-corrected chi connectivity index (χ4v) is 10.7. The van der Waals surface area contributed by atoms with Crippen molar-refractivity contribution in [2.24, 2.45) is 11.3 Å². The summed E-state index contributed by atoms with van der Waals surface area (Å²) in [6.45, 7) is 21.2. The van der Waals surface area contributed by atoms with E-state index >= 15 is 0 Å². The summed E-state index contributed by atoms with van der Waals surface area (Å²) in [4.78, 5) is 42.9. The average molecular weight is 1080 g/mol. The number of ketones is 1. The number of halogens is 2. The third kappa shape index (κ3) is 24.0. The number of methoxy groups -OCH3 is 1. The summed E-state index contributed by atoms with van der Waals surface area (Å²) in [5.74, 6) is 2.00. The van der Waals surface area contributed by atoms with Crippen molar-refractivity contribution < 1.29 is 32.5 Å². The van der Waals surface area contributed by atoms with Gasteiger partial charge in [-0.15, -0.1) is 0 Å². The van der Waals surface area contributed by atoms with Gasteiger partial charge in [-0.2, -0.15) is 0 Å². The Morgan fingerprint density at radius 2 is 1.51 bits per heavy atom. The van der Waals surface area contributed by atoms with Crippen LogP contribution in [0, 0.1) is 43.7 Å². The van der Waals surface area contributed by atoms with Gasteiger partial charge in [0, 0.05) is 69.8 Å². The summed E-state index contributed by atoms with van der Waals surface area (Å²) in [6, 6.07) is 14.5. The van der Waals surface area contributed by atoms with Crippen LogP contribution in [0.25, 0.3) is 5.57 Å². The Morgan fingerprint density at radius 3 is 2.10 bits per heavy atom. The standard InChI is InChI=1S/C27H33N4O2.C21H43N.C7H6F2.C6H11NO2.C5H10/c1-18-10-11-22-24(14-18)31(4)27(29-22)9-7-6-8-25(32)20-15-19(2)28-23(16-20)21-17-30(3)13-12-26(21)33-5;1-6-10-11-16-21(15-8-3)17-22(18-21)20(12-7-2)14-13-19(5)9-4;1-5-2-6(8)4-7(9)3-5;1-7-6(9)4-2-3-5-8;1-2-4-5-3-1/h9-11,14-17,29H,6-8,12-13H2,1-5H3;19-20H,6-18H2,1-5H3;2-4H,1H3;5H,2-4H2,1H3,(H,7,9);1-5H2/q+1;;;;/b27-9-;;;;. The first-order chi connectivity index (χ1) is 37.4. The van der Waals surface area contributed by atoms with Crippen molar-refractivity contribution in [1.29, 1.82) is 0 Å². The van der Waals surface area contributed by atoms with Gasteiger partial charge in [0.25, 0.3) is 0 Å². The molecule has 2 aromatic carbocycles. The molecule has 3 aliphatic heterocycles. The number of allylic oxidation sites excluding steroid dienone is 2. The molecule has 4 aliphatic rings. The van der Waals surface area contributed by atoms with Crippen molar-refractivity contribution in [1.82, 2.24) is 15.2 Å². The zero-order chi connectivity index (χ0) is 57.5. The summed E-state index contributed by atoms with van der Waals surface area (Å²) in [6.07, 6.45) is 32.6. The molecule has 7 rings (SSSR count). The molecule has 2 fully saturated rings. The van der Waals surface area contributed by atoms with Gasteiger partial charge < -0.3 is 25.1 Å². The zero-order valence-corrected chi connectivity index (χ0v) is 50.6. The van der Waals surface area contributed by atoms with Crippen molar-refractivity contribution in [2.75, 3.05) is 58.1 Å². The van der Waals surface area contributed by atoms with E-state index in [1.807, 2.05) is 26.1 Å². The SMILES string of the molecule is C1CCCC1.CCCCCC1(CCC)CN(C(CCC)CCC(C)CC)C1.CNC(=O)CCCC=O.COC1=C(c2cc(C(=O)CCC/C=C3/Nc4ccc(C)cc4N3C)cc(C)n2)C=[N+](C)CC1.Cc1cc(F)cc(F)c1. The minimum Gasteiger partial charge on any atom is -0.500 e. The highest BCUT2D eigenvalue weighted by Crippen LogP contribution is 2.43. The number of hydrogen-bond acceptors (Lipinski definition) is 8. The second-order valence-electron chi connectivity index (χ2n) is 22.5.